The maximum Gasteiger partial charge on any atom is 0.253 e. The van der Waals surface area contributed by atoms with Crippen molar-refractivity contribution in [2.24, 2.45) is 0 Å². The fourth-order valence-electron chi connectivity index (χ4n) is 1.42. The highest BCUT2D eigenvalue weighted by atomic mass is 16.7. The van der Waals surface area contributed by atoms with Crippen LogP contribution < -0.4 is 10.8 Å². The first-order valence-electron chi connectivity index (χ1n) is 4.52. The molecule has 1 aromatic carbocycles. The highest BCUT2D eigenvalue weighted by molar-refractivity contribution is 5.93. The van der Waals surface area contributed by atoms with Gasteiger partial charge in [0.2, 0.25) is 0 Å². The molecule has 0 bridgehead atoms. The number of nitrogen functional groups attached to an aromatic ring is 1. The van der Waals surface area contributed by atoms with E-state index in [4.69, 9.17) is 10.6 Å². The number of rotatable bonds is 1. The van der Waals surface area contributed by atoms with Crippen molar-refractivity contribution >= 4 is 17.3 Å². The van der Waals surface area contributed by atoms with Crippen LogP contribution in [0.3, 0.4) is 0 Å². The number of anilines is 2. The van der Waals surface area contributed by atoms with E-state index in [2.05, 4.69) is 0 Å². The third-order valence-electron chi connectivity index (χ3n) is 2.10. The van der Waals surface area contributed by atoms with Gasteiger partial charge in [-0.25, -0.2) is 0 Å². The van der Waals surface area contributed by atoms with E-state index in [0.29, 0.717) is 12.1 Å². The normalized spacial score (nSPS) is 21.6. The minimum Gasteiger partial charge on any atom is -0.399 e. The van der Waals surface area contributed by atoms with Gasteiger partial charge in [-0.05, 0) is 31.2 Å². The maximum absolute atomic E-state index is 11.4. The fourth-order valence-corrected chi connectivity index (χ4v) is 1.42. The van der Waals surface area contributed by atoms with Gasteiger partial charge in [0, 0.05) is 5.69 Å². The summed E-state index contributed by atoms with van der Waals surface area (Å²) in [5, 5.41) is 1.32. The number of hydroxylamine groups is 1. The number of carbonyl (C=O) groups is 1. The molecule has 0 aliphatic carbocycles. The smallest absolute Gasteiger partial charge is 0.253 e. The lowest BCUT2D eigenvalue weighted by Crippen LogP contribution is -2.22. The maximum atomic E-state index is 11.4. The summed E-state index contributed by atoms with van der Waals surface area (Å²) in [6.45, 7) is 1.87. The van der Waals surface area contributed by atoms with E-state index in [-0.39, 0.29) is 12.0 Å². The molecule has 1 aliphatic heterocycles. The Labute approximate surface area is 82.2 Å². The van der Waals surface area contributed by atoms with Crippen LogP contribution in [0.2, 0.25) is 0 Å². The molecule has 74 valence electrons. The lowest BCUT2D eigenvalue weighted by Gasteiger charge is -2.14. The molecule has 0 radical (unpaired) electrons. The molecule has 2 rings (SSSR count). The van der Waals surface area contributed by atoms with Crippen LogP contribution in [0, 0.1) is 0 Å². The topological polar surface area (TPSA) is 55.6 Å². The van der Waals surface area contributed by atoms with Gasteiger partial charge in [-0.15, -0.1) is 0 Å². The first-order chi connectivity index (χ1) is 6.66. The highest BCUT2D eigenvalue weighted by Crippen LogP contribution is 2.24. The second-order valence-electron chi connectivity index (χ2n) is 3.40. The van der Waals surface area contributed by atoms with Crippen LogP contribution in [0.4, 0.5) is 11.4 Å². The van der Waals surface area contributed by atoms with Gasteiger partial charge >= 0.3 is 0 Å². The summed E-state index contributed by atoms with van der Waals surface area (Å²) in [7, 11) is 0. The van der Waals surface area contributed by atoms with Gasteiger partial charge in [0.1, 0.15) is 0 Å². The molecule has 0 spiro atoms. The molecule has 2 N–H and O–H groups in total. The molecule has 1 aromatic rings. The van der Waals surface area contributed by atoms with Crippen LogP contribution >= 0.6 is 0 Å². The second kappa shape index (κ2) is 3.31. The number of benzene rings is 1. The van der Waals surface area contributed by atoms with Crippen LogP contribution in [-0.2, 0) is 9.63 Å². The summed E-state index contributed by atoms with van der Waals surface area (Å²) in [5.74, 6) is -0.0118. The first kappa shape index (κ1) is 9.02. The van der Waals surface area contributed by atoms with Crippen molar-refractivity contribution in [1.29, 1.82) is 0 Å². The van der Waals surface area contributed by atoms with Gasteiger partial charge in [0.25, 0.3) is 5.91 Å². The molecule has 1 saturated heterocycles. The Hall–Kier alpha value is -1.55. The van der Waals surface area contributed by atoms with E-state index in [0.717, 1.165) is 5.69 Å². The van der Waals surface area contributed by atoms with Crippen LogP contribution in [0.15, 0.2) is 24.3 Å². The Balaban J connectivity index is 2.23. The van der Waals surface area contributed by atoms with Gasteiger partial charge < -0.3 is 5.73 Å². The lowest BCUT2D eigenvalue weighted by molar-refractivity contribution is -0.119. The zero-order valence-corrected chi connectivity index (χ0v) is 7.93. The van der Waals surface area contributed by atoms with Crippen molar-refractivity contribution in [3.8, 4) is 0 Å². The Morgan fingerprint density at radius 1 is 1.43 bits per heavy atom. The third kappa shape index (κ3) is 1.56. The Bertz CT molecular complexity index is 348. The minimum absolute atomic E-state index is 0.0118. The average Bonchev–Trinajstić information content (AvgIpc) is 2.47. The summed E-state index contributed by atoms with van der Waals surface area (Å²) in [6.07, 6.45) is 0.393. The van der Waals surface area contributed by atoms with Crippen molar-refractivity contribution in [1.82, 2.24) is 0 Å². The number of hydrogen-bond acceptors (Lipinski definition) is 3. The molecule has 1 aliphatic rings. The molecule has 1 atom stereocenters. The van der Waals surface area contributed by atoms with E-state index < -0.39 is 0 Å². The molecule has 1 amide bonds. The molecule has 0 aromatic heterocycles. The predicted molar refractivity (Wildman–Crippen MR) is 53.5 cm³/mol. The lowest BCUT2D eigenvalue weighted by atomic mass is 10.2. The monoisotopic (exact) mass is 192 g/mol. The van der Waals surface area contributed by atoms with E-state index in [1.165, 1.54) is 5.06 Å². The molecule has 14 heavy (non-hydrogen) atoms. The van der Waals surface area contributed by atoms with Crippen molar-refractivity contribution in [2.75, 3.05) is 10.8 Å². The number of nitrogens with zero attached hydrogens (tertiary/aromatic N) is 1. The van der Waals surface area contributed by atoms with Crippen LogP contribution in [-0.4, -0.2) is 12.0 Å². The zero-order chi connectivity index (χ0) is 10.1. The van der Waals surface area contributed by atoms with Gasteiger partial charge in [-0.2, -0.15) is 5.06 Å². The van der Waals surface area contributed by atoms with Crippen LogP contribution in [0.1, 0.15) is 13.3 Å². The average molecular weight is 192 g/mol. The zero-order valence-electron chi connectivity index (χ0n) is 7.93. The van der Waals surface area contributed by atoms with Crippen molar-refractivity contribution in [3.05, 3.63) is 24.3 Å². The highest BCUT2D eigenvalue weighted by Gasteiger charge is 2.28. The number of nitrogens with two attached hydrogens (primary N) is 1. The van der Waals surface area contributed by atoms with E-state index >= 15 is 0 Å². The van der Waals surface area contributed by atoms with Gasteiger partial charge in [-0.3, -0.25) is 9.63 Å². The molecule has 1 fully saturated rings. The van der Waals surface area contributed by atoms with E-state index in [9.17, 15) is 4.79 Å². The van der Waals surface area contributed by atoms with Gasteiger partial charge in [0.15, 0.2) is 0 Å². The standard InChI is InChI=1S/C10H12N2O2/c1-7-6-10(13)12(14-7)9-4-2-8(11)3-5-9/h2-5,7H,6,11H2,1H3. The summed E-state index contributed by atoms with van der Waals surface area (Å²) >= 11 is 0. The van der Waals surface area contributed by atoms with E-state index in [1.807, 2.05) is 6.92 Å². The summed E-state index contributed by atoms with van der Waals surface area (Å²) in [4.78, 5) is 16.8. The van der Waals surface area contributed by atoms with Crippen molar-refractivity contribution < 1.29 is 9.63 Å². The summed E-state index contributed by atoms with van der Waals surface area (Å²) in [5.41, 5.74) is 6.95. The number of hydrogen-bond donors (Lipinski definition) is 1. The summed E-state index contributed by atoms with van der Waals surface area (Å²) in [6, 6.07) is 7.03. The summed E-state index contributed by atoms with van der Waals surface area (Å²) < 4.78 is 0. The Morgan fingerprint density at radius 2 is 2.07 bits per heavy atom. The Kier molecular flexibility index (Phi) is 2.13. The Morgan fingerprint density at radius 3 is 2.57 bits per heavy atom. The molecule has 1 heterocycles. The minimum atomic E-state index is -0.0416. The SMILES string of the molecule is CC1CC(=O)N(c2ccc(N)cc2)O1. The fraction of sp³-hybridized carbons (Fsp3) is 0.300. The molecular formula is C10H12N2O2. The molecular weight excluding hydrogens is 180 g/mol. The largest absolute Gasteiger partial charge is 0.399 e. The second-order valence-corrected chi connectivity index (χ2v) is 3.40. The molecule has 4 nitrogen and oxygen atoms in total. The van der Waals surface area contributed by atoms with Crippen molar-refractivity contribution in [2.45, 2.75) is 19.4 Å². The van der Waals surface area contributed by atoms with Gasteiger partial charge in [0.05, 0.1) is 18.2 Å². The molecule has 0 saturated carbocycles. The molecule has 1 unspecified atom stereocenters. The van der Waals surface area contributed by atoms with Crippen LogP contribution in [0.5, 0.6) is 0 Å². The van der Waals surface area contributed by atoms with E-state index in [1.54, 1.807) is 24.3 Å². The predicted octanol–water partition coefficient (Wildman–Crippen LogP) is 1.33. The number of carbonyl (C=O) groups excluding carboxylic acids is 1. The third-order valence-corrected chi connectivity index (χ3v) is 2.10. The number of amides is 1. The first-order valence-corrected chi connectivity index (χ1v) is 4.52. The van der Waals surface area contributed by atoms with Crippen LogP contribution in [0.25, 0.3) is 0 Å². The molecule has 4 heteroatoms. The van der Waals surface area contributed by atoms with Crippen molar-refractivity contribution in [3.63, 3.8) is 0 Å². The van der Waals surface area contributed by atoms with Gasteiger partial charge in [-0.1, -0.05) is 0 Å². The quantitative estimate of drug-likeness (QED) is 0.683.